The predicted octanol–water partition coefficient (Wildman–Crippen LogP) is -0.454. The molecule has 0 radical (unpaired) electrons. The van der Waals surface area contributed by atoms with Crippen LogP contribution >= 0.6 is 0 Å². The number of hydrogen-bond acceptors (Lipinski definition) is 3. The van der Waals surface area contributed by atoms with Gasteiger partial charge in [0.05, 0.1) is 0 Å². The van der Waals surface area contributed by atoms with E-state index in [-0.39, 0.29) is 0 Å². The lowest BCUT2D eigenvalue weighted by Gasteiger charge is -2.31. The largest absolute Gasteiger partial charge is 0.339 e. The number of carbonyl (C=O) groups is 1. The Balaban J connectivity index is 1.93. The molecule has 2 heterocycles. The maximum atomic E-state index is 11.7. The van der Waals surface area contributed by atoms with E-state index >= 15 is 0 Å². The van der Waals surface area contributed by atoms with Crippen LogP contribution in [-0.4, -0.2) is 43.0 Å². The van der Waals surface area contributed by atoms with Crippen LogP contribution in [-0.2, 0) is 4.79 Å². The summed E-state index contributed by atoms with van der Waals surface area (Å²) >= 11 is 0. The second kappa shape index (κ2) is 4.28. The number of nitrogens with two attached hydrogens (primary N) is 1. The molecule has 0 saturated carbocycles. The highest BCUT2D eigenvalue weighted by Gasteiger charge is 2.33. The second-order valence-electron chi connectivity index (χ2n) is 4.33. The van der Waals surface area contributed by atoms with Crippen molar-refractivity contribution < 1.29 is 4.79 Å². The lowest BCUT2D eigenvalue weighted by Crippen LogP contribution is -2.44. The monoisotopic (exact) mass is 197 g/mol. The third kappa shape index (κ3) is 1.91. The van der Waals surface area contributed by atoms with E-state index in [0.29, 0.717) is 30.8 Å². The molecule has 0 aromatic heterocycles. The average molecular weight is 197 g/mol. The molecule has 0 aromatic rings. The summed E-state index contributed by atoms with van der Waals surface area (Å²) in [4.78, 5) is 13.7. The average Bonchev–Trinajstić information content (AvgIpc) is 2.61. The first-order valence-corrected chi connectivity index (χ1v) is 5.51. The molecule has 1 unspecified atom stereocenters. The molecule has 80 valence electrons. The van der Waals surface area contributed by atoms with E-state index in [1.807, 2.05) is 0 Å². The van der Waals surface area contributed by atoms with Gasteiger partial charge in [0, 0.05) is 19.0 Å². The van der Waals surface area contributed by atoms with Crippen LogP contribution in [0.4, 0.5) is 0 Å². The number of carbonyl (C=O) groups excluding carboxylic acids is 1. The smallest absolute Gasteiger partial charge is 0.223 e. The van der Waals surface area contributed by atoms with Crippen molar-refractivity contribution in [3.8, 4) is 0 Å². The van der Waals surface area contributed by atoms with Gasteiger partial charge in [0.1, 0.15) is 0 Å². The van der Waals surface area contributed by atoms with E-state index in [2.05, 4.69) is 10.2 Å². The van der Waals surface area contributed by atoms with Crippen LogP contribution in [0.2, 0.25) is 0 Å². The Kier molecular flexibility index (Phi) is 3.03. The fourth-order valence-corrected chi connectivity index (χ4v) is 2.44. The summed E-state index contributed by atoms with van der Waals surface area (Å²) in [6.45, 7) is 3.62. The molecule has 1 amide bonds. The van der Waals surface area contributed by atoms with Gasteiger partial charge in [-0.25, -0.2) is 0 Å². The molecule has 0 aliphatic carbocycles. The van der Waals surface area contributed by atoms with Crippen molar-refractivity contribution in [2.45, 2.75) is 25.3 Å². The topological polar surface area (TPSA) is 58.4 Å². The van der Waals surface area contributed by atoms with E-state index in [9.17, 15) is 4.79 Å². The molecule has 0 spiro atoms. The number of rotatable bonds is 2. The van der Waals surface area contributed by atoms with Gasteiger partial charge in [-0.1, -0.05) is 0 Å². The third-order valence-corrected chi connectivity index (χ3v) is 3.32. The van der Waals surface area contributed by atoms with E-state index < -0.39 is 0 Å². The standard InChI is InChI=1S/C10H19N3O/c11-6-8-5-10(14)13(7-8)9-1-3-12-4-2-9/h8-9,12H,1-7,11H2. The van der Waals surface area contributed by atoms with Crippen molar-refractivity contribution in [1.82, 2.24) is 10.2 Å². The Morgan fingerprint density at radius 3 is 2.71 bits per heavy atom. The van der Waals surface area contributed by atoms with Crippen molar-refractivity contribution in [1.29, 1.82) is 0 Å². The molecule has 4 heteroatoms. The van der Waals surface area contributed by atoms with Crippen molar-refractivity contribution >= 4 is 5.91 Å². The van der Waals surface area contributed by atoms with Gasteiger partial charge in [0.15, 0.2) is 0 Å². The van der Waals surface area contributed by atoms with Crippen molar-refractivity contribution in [2.75, 3.05) is 26.2 Å². The lowest BCUT2D eigenvalue weighted by atomic mass is 10.1. The fourth-order valence-electron chi connectivity index (χ4n) is 2.44. The van der Waals surface area contributed by atoms with Gasteiger partial charge in [0.25, 0.3) is 0 Å². The van der Waals surface area contributed by atoms with Gasteiger partial charge < -0.3 is 16.0 Å². The zero-order valence-electron chi connectivity index (χ0n) is 8.54. The summed E-state index contributed by atoms with van der Waals surface area (Å²) in [6, 6.07) is 0.473. The van der Waals surface area contributed by atoms with E-state index in [1.54, 1.807) is 0 Å². The van der Waals surface area contributed by atoms with E-state index in [0.717, 1.165) is 32.5 Å². The maximum Gasteiger partial charge on any atom is 0.223 e. The summed E-state index contributed by atoms with van der Waals surface area (Å²) < 4.78 is 0. The van der Waals surface area contributed by atoms with Crippen molar-refractivity contribution in [3.05, 3.63) is 0 Å². The van der Waals surface area contributed by atoms with Crippen LogP contribution in [0.5, 0.6) is 0 Å². The Morgan fingerprint density at radius 2 is 2.14 bits per heavy atom. The van der Waals surface area contributed by atoms with Gasteiger partial charge in [0.2, 0.25) is 5.91 Å². The Hall–Kier alpha value is -0.610. The fraction of sp³-hybridized carbons (Fsp3) is 0.900. The van der Waals surface area contributed by atoms with Crippen LogP contribution in [0, 0.1) is 5.92 Å². The molecule has 2 rings (SSSR count). The molecule has 1 atom stereocenters. The van der Waals surface area contributed by atoms with Crippen molar-refractivity contribution in [3.63, 3.8) is 0 Å². The van der Waals surface area contributed by atoms with Gasteiger partial charge >= 0.3 is 0 Å². The summed E-state index contributed by atoms with van der Waals surface area (Å²) in [5.74, 6) is 0.713. The molecule has 2 aliphatic heterocycles. The van der Waals surface area contributed by atoms with Crippen LogP contribution in [0.3, 0.4) is 0 Å². The number of amides is 1. The zero-order valence-corrected chi connectivity index (χ0v) is 8.54. The van der Waals surface area contributed by atoms with Crippen molar-refractivity contribution in [2.24, 2.45) is 11.7 Å². The third-order valence-electron chi connectivity index (χ3n) is 3.32. The normalized spacial score (nSPS) is 29.9. The molecule has 2 fully saturated rings. The first kappa shape index (κ1) is 9.93. The Labute approximate surface area is 84.8 Å². The number of hydrogen-bond donors (Lipinski definition) is 2. The SMILES string of the molecule is NCC1CC(=O)N(C2CCNCC2)C1. The predicted molar refractivity (Wildman–Crippen MR) is 54.8 cm³/mol. The summed E-state index contributed by atoms with van der Waals surface area (Å²) in [6.07, 6.45) is 2.87. The summed E-state index contributed by atoms with van der Waals surface area (Å²) in [7, 11) is 0. The van der Waals surface area contributed by atoms with Gasteiger partial charge in [-0.2, -0.15) is 0 Å². The highest BCUT2D eigenvalue weighted by Crippen LogP contribution is 2.22. The van der Waals surface area contributed by atoms with Gasteiger partial charge in [-0.3, -0.25) is 4.79 Å². The van der Waals surface area contributed by atoms with Gasteiger partial charge in [-0.05, 0) is 38.4 Å². The lowest BCUT2D eigenvalue weighted by molar-refractivity contribution is -0.130. The van der Waals surface area contributed by atoms with Gasteiger partial charge in [-0.15, -0.1) is 0 Å². The molecule has 0 bridgehead atoms. The molecule has 2 aliphatic rings. The van der Waals surface area contributed by atoms with Crippen LogP contribution in [0.15, 0.2) is 0 Å². The first-order chi connectivity index (χ1) is 6.81. The molecule has 14 heavy (non-hydrogen) atoms. The molecule has 3 N–H and O–H groups in total. The molecular formula is C10H19N3O. The van der Waals surface area contributed by atoms with E-state index in [4.69, 9.17) is 5.73 Å². The minimum Gasteiger partial charge on any atom is -0.339 e. The van der Waals surface area contributed by atoms with Crippen LogP contribution in [0.25, 0.3) is 0 Å². The molecule has 0 aromatic carbocycles. The maximum absolute atomic E-state index is 11.7. The molecular weight excluding hydrogens is 178 g/mol. The molecule has 4 nitrogen and oxygen atoms in total. The second-order valence-corrected chi connectivity index (χ2v) is 4.33. The quantitative estimate of drug-likeness (QED) is 0.630. The Bertz CT molecular complexity index is 213. The van der Waals surface area contributed by atoms with Crippen LogP contribution < -0.4 is 11.1 Å². The van der Waals surface area contributed by atoms with Crippen LogP contribution in [0.1, 0.15) is 19.3 Å². The summed E-state index contributed by atoms with van der Waals surface area (Å²) in [5, 5.41) is 3.32. The first-order valence-electron chi connectivity index (χ1n) is 5.51. The summed E-state index contributed by atoms with van der Waals surface area (Å²) in [5.41, 5.74) is 5.60. The Morgan fingerprint density at radius 1 is 1.43 bits per heavy atom. The zero-order chi connectivity index (χ0) is 9.97. The number of likely N-dealkylation sites (tertiary alicyclic amines) is 1. The molecule has 2 saturated heterocycles. The number of nitrogens with zero attached hydrogens (tertiary/aromatic N) is 1. The minimum atomic E-state index is 0.312. The van der Waals surface area contributed by atoms with E-state index in [1.165, 1.54) is 0 Å². The minimum absolute atomic E-state index is 0.312. The number of piperidine rings is 1. The number of nitrogens with one attached hydrogen (secondary N) is 1. The highest BCUT2D eigenvalue weighted by molar-refractivity contribution is 5.79. The highest BCUT2D eigenvalue weighted by atomic mass is 16.2.